The van der Waals surface area contributed by atoms with Gasteiger partial charge in [-0.05, 0) is 39.1 Å². The summed E-state index contributed by atoms with van der Waals surface area (Å²) >= 11 is 5.97. The topological polar surface area (TPSA) is 29.9 Å². The SMILES string of the molecule is CNCc1c2ccc(Cl)cc2nn1C(C)C. The molecule has 1 aromatic carbocycles. The lowest BCUT2D eigenvalue weighted by Crippen LogP contribution is -2.13. The van der Waals surface area contributed by atoms with Crippen molar-refractivity contribution in [3.63, 3.8) is 0 Å². The highest BCUT2D eigenvalue weighted by Crippen LogP contribution is 2.24. The Morgan fingerprint density at radius 2 is 2.19 bits per heavy atom. The van der Waals surface area contributed by atoms with E-state index in [2.05, 4.69) is 28.9 Å². The summed E-state index contributed by atoms with van der Waals surface area (Å²) < 4.78 is 2.05. The van der Waals surface area contributed by atoms with E-state index in [-0.39, 0.29) is 0 Å². The van der Waals surface area contributed by atoms with E-state index in [1.54, 1.807) is 0 Å². The summed E-state index contributed by atoms with van der Waals surface area (Å²) in [4.78, 5) is 0. The molecule has 4 heteroatoms. The van der Waals surface area contributed by atoms with Crippen molar-refractivity contribution in [1.29, 1.82) is 0 Å². The predicted molar refractivity (Wildman–Crippen MR) is 67.9 cm³/mol. The molecule has 0 amide bonds. The van der Waals surface area contributed by atoms with Crippen LogP contribution in [0.5, 0.6) is 0 Å². The van der Waals surface area contributed by atoms with Gasteiger partial charge in [0.15, 0.2) is 0 Å². The highest BCUT2D eigenvalue weighted by atomic mass is 35.5. The Kier molecular flexibility index (Phi) is 3.17. The number of halogens is 1. The van der Waals surface area contributed by atoms with Crippen molar-refractivity contribution < 1.29 is 0 Å². The van der Waals surface area contributed by atoms with Crippen LogP contribution < -0.4 is 5.32 Å². The summed E-state index contributed by atoms with van der Waals surface area (Å²) in [6, 6.07) is 6.22. The van der Waals surface area contributed by atoms with Gasteiger partial charge in [-0.25, -0.2) is 0 Å². The van der Waals surface area contributed by atoms with E-state index in [1.807, 2.05) is 25.2 Å². The fourth-order valence-electron chi connectivity index (χ4n) is 1.90. The fraction of sp³-hybridized carbons (Fsp3) is 0.417. The van der Waals surface area contributed by atoms with Crippen LogP contribution in [0, 0.1) is 0 Å². The molecule has 0 fully saturated rings. The van der Waals surface area contributed by atoms with Crippen LogP contribution in [0.2, 0.25) is 5.02 Å². The molecule has 0 aliphatic heterocycles. The van der Waals surface area contributed by atoms with Gasteiger partial charge < -0.3 is 5.32 Å². The van der Waals surface area contributed by atoms with Crippen molar-refractivity contribution in [3.05, 3.63) is 28.9 Å². The van der Waals surface area contributed by atoms with Gasteiger partial charge in [-0.3, -0.25) is 4.68 Å². The van der Waals surface area contributed by atoms with E-state index < -0.39 is 0 Å². The number of nitrogens with zero attached hydrogens (tertiary/aromatic N) is 2. The Bertz CT molecular complexity index is 502. The number of fused-ring (bicyclic) bond motifs is 1. The van der Waals surface area contributed by atoms with E-state index in [0.29, 0.717) is 6.04 Å². The van der Waals surface area contributed by atoms with Crippen molar-refractivity contribution in [2.24, 2.45) is 0 Å². The fourth-order valence-corrected chi connectivity index (χ4v) is 2.07. The molecule has 16 heavy (non-hydrogen) atoms. The smallest absolute Gasteiger partial charge is 0.0941 e. The molecule has 2 aromatic rings. The van der Waals surface area contributed by atoms with E-state index >= 15 is 0 Å². The Balaban J connectivity index is 2.65. The second kappa shape index (κ2) is 4.44. The van der Waals surface area contributed by atoms with Crippen LogP contribution in [0.1, 0.15) is 25.6 Å². The summed E-state index contributed by atoms with van der Waals surface area (Å²) in [5.74, 6) is 0. The predicted octanol–water partition coefficient (Wildman–Crippen LogP) is 2.99. The van der Waals surface area contributed by atoms with Gasteiger partial charge in [-0.1, -0.05) is 11.6 Å². The Morgan fingerprint density at radius 1 is 1.44 bits per heavy atom. The standard InChI is InChI=1S/C12H16ClN3/c1-8(2)16-12(7-14-3)10-5-4-9(13)6-11(10)15-16/h4-6,8,14H,7H2,1-3H3. The first-order valence-electron chi connectivity index (χ1n) is 5.44. The van der Waals surface area contributed by atoms with Crippen molar-refractivity contribution in [1.82, 2.24) is 15.1 Å². The van der Waals surface area contributed by atoms with Gasteiger partial charge in [-0.2, -0.15) is 5.10 Å². The Morgan fingerprint density at radius 3 is 2.81 bits per heavy atom. The molecule has 0 radical (unpaired) electrons. The maximum atomic E-state index is 5.97. The number of nitrogens with one attached hydrogen (secondary N) is 1. The number of hydrogen-bond donors (Lipinski definition) is 1. The molecule has 1 heterocycles. The molecule has 1 aromatic heterocycles. The zero-order valence-corrected chi connectivity index (χ0v) is 10.5. The summed E-state index contributed by atoms with van der Waals surface area (Å²) in [7, 11) is 1.94. The largest absolute Gasteiger partial charge is 0.314 e. The molecule has 1 N–H and O–H groups in total. The van der Waals surface area contributed by atoms with Crippen molar-refractivity contribution >= 4 is 22.5 Å². The zero-order chi connectivity index (χ0) is 11.7. The minimum atomic E-state index is 0.356. The summed E-state index contributed by atoms with van der Waals surface area (Å²) in [5.41, 5.74) is 2.18. The van der Waals surface area contributed by atoms with Crippen LogP contribution in [-0.2, 0) is 6.54 Å². The molecular weight excluding hydrogens is 222 g/mol. The maximum Gasteiger partial charge on any atom is 0.0941 e. The van der Waals surface area contributed by atoms with Gasteiger partial charge in [0.1, 0.15) is 0 Å². The summed E-state index contributed by atoms with van der Waals surface area (Å²) in [6.45, 7) is 5.08. The van der Waals surface area contributed by atoms with Crippen LogP contribution in [0.15, 0.2) is 18.2 Å². The highest BCUT2D eigenvalue weighted by molar-refractivity contribution is 6.31. The molecule has 0 aliphatic carbocycles. The number of aromatic nitrogens is 2. The minimum absolute atomic E-state index is 0.356. The number of benzene rings is 1. The van der Waals surface area contributed by atoms with Gasteiger partial charge in [0, 0.05) is 23.0 Å². The zero-order valence-electron chi connectivity index (χ0n) is 9.79. The first-order valence-corrected chi connectivity index (χ1v) is 5.82. The first kappa shape index (κ1) is 11.4. The maximum absolute atomic E-state index is 5.97. The first-order chi connectivity index (χ1) is 7.63. The molecule has 0 aliphatic rings. The summed E-state index contributed by atoms with van der Waals surface area (Å²) in [6.07, 6.45) is 0. The average Bonchev–Trinajstić information content (AvgIpc) is 2.57. The second-order valence-corrected chi connectivity index (χ2v) is 4.61. The second-order valence-electron chi connectivity index (χ2n) is 4.18. The number of rotatable bonds is 3. The molecule has 0 bridgehead atoms. The third-order valence-corrected chi connectivity index (χ3v) is 2.83. The van der Waals surface area contributed by atoms with E-state index in [9.17, 15) is 0 Å². The quantitative estimate of drug-likeness (QED) is 0.890. The third kappa shape index (κ3) is 1.93. The molecule has 0 saturated heterocycles. The van der Waals surface area contributed by atoms with Gasteiger partial charge in [0.25, 0.3) is 0 Å². The van der Waals surface area contributed by atoms with Crippen LogP contribution in [0.3, 0.4) is 0 Å². The normalized spacial score (nSPS) is 11.6. The van der Waals surface area contributed by atoms with Crippen LogP contribution in [0.4, 0.5) is 0 Å². The van der Waals surface area contributed by atoms with Crippen molar-refractivity contribution in [3.8, 4) is 0 Å². The van der Waals surface area contributed by atoms with Crippen molar-refractivity contribution in [2.75, 3.05) is 7.05 Å². The Labute approximate surface area is 100 Å². The van der Waals surface area contributed by atoms with Crippen LogP contribution >= 0.6 is 11.6 Å². The van der Waals surface area contributed by atoms with Crippen molar-refractivity contribution in [2.45, 2.75) is 26.4 Å². The molecule has 2 rings (SSSR count). The monoisotopic (exact) mass is 237 g/mol. The van der Waals surface area contributed by atoms with Gasteiger partial charge in [-0.15, -0.1) is 0 Å². The van der Waals surface area contributed by atoms with Crippen LogP contribution in [-0.4, -0.2) is 16.8 Å². The van der Waals surface area contributed by atoms with E-state index in [0.717, 1.165) is 17.1 Å². The number of hydrogen-bond acceptors (Lipinski definition) is 2. The minimum Gasteiger partial charge on any atom is -0.314 e. The third-order valence-electron chi connectivity index (χ3n) is 2.60. The molecule has 0 saturated carbocycles. The lowest BCUT2D eigenvalue weighted by molar-refractivity contribution is 0.507. The lowest BCUT2D eigenvalue weighted by Gasteiger charge is -2.10. The molecular formula is C12H16ClN3. The highest BCUT2D eigenvalue weighted by Gasteiger charge is 2.12. The van der Waals surface area contributed by atoms with Gasteiger partial charge in [0.2, 0.25) is 0 Å². The molecule has 0 spiro atoms. The van der Waals surface area contributed by atoms with E-state index in [4.69, 9.17) is 11.6 Å². The summed E-state index contributed by atoms with van der Waals surface area (Å²) in [5, 5.41) is 9.67. The molecule has 0 atom stereocenters. The lowest BCUT2D eigenvalue weighted by atomic mass is 10.2. The van der Waals surface area contributed by atoms with Gasteiger partial charge in [0.05, 0.1) is 11.2 Å². The molecule has 3 nitrogen and oxygen atoms in total. The Hall–Kier alpha value is -1.06. The molecule has 86 valence electrons. The van der Waals surface area contributed by atoms with Gasteiger partial charge >= 0.3 is 0 Å². The van der Waals surface area contributed by atoms with E-state index in [1.165, 1.54) is 11.1 Å². The van der Waals surface area contributed by atoms with Crippen LogP contribution in [0.25, 0.3) is 10.9 Å². The average molecular weight is 238 g/mol. The molecule has 0 unspecified atom stereocenters.